The van der Waals surface area contributed by atoms with Crippen LogP contribution in [0.15, 0.2) is 18.2 Å². The molecule has 2 aromatic rings. The number of aromatic nitrogens is 2. The average molecular weight is 327 g/mol. The molecule has 21 heavy (non-hydrogen) atoms. The third-order valence-corrected chi connectivity index (χ3v) is 3.97. The summed E-state index contributed by atoms with van der Waals surface area (Å²) in [5.41, 5.74) is 4.57. The van der Waals surface area contributed by atoms with Crippen molar-refractivity contribution in [3.63, 3.8) is 0 Å². The molecule has 0 amide bonds. The highest BCUT2D eigenvalue weighted by Crippen LogP contribution is 2.24. The zero-order valence-corrected chi connectivity index (χ0v) is 13.9. The van der Waals surface area contributed by atoms with Crippen molar-refractivity contribution in [2.75, 3.05) is 6.61 Å². The second-order valence-corrected chi connectivity index (χ2v) is 5.99. The maximum atomic E-state index is 8.99. The van der Waals surface area contributed by atoms with Crippen LogP contribution in [0.4, 0.5) is 0 Å². The average Bonchev–Trinajstić information content (AvgIpc) is 2.71. The van der Waals surface area contributed by atoms with E-state index in [1.807, 2.05) is 23.7 Å². The number of aryl methyl sites for hydroxylation is 2. The normalized spacial score (nSPS) is 11.1. The first-order chi connectivity index (χ1) is 10.0. The van der Waals surface area contributed by atoms with Crippen molar-refractivity contribution in [1.29, 1.82) is 0 Å². The highest BCUT2D eigenvalue weighted by molar-refractivity contribution is 6.34. The van der Waals surface area contributed by atoms with E-state index in [2.05, 4.69) is 12.0 Å². The van der Waals surface area contributed by atoms with Gasteiger partial charge in [-0.25, -0.2) is 0 Å². The summed E-state index contributed by atoms with van der Waals surface area (Å²) in [6.45, 7) is 5.08. The molecule has 3 nitrogen and oxygen atoms in total. The van der Waals surface area contributed by atoms with Crippen molar-refractivity contribution in [3.8, 4) is 0 Å². The van der Waals surface area contributed by atoms with Gasteiger partial charge in [0.1, 0.15) is 0 Å². The van der Waals surface area contributed by atoms with Crippen molar-refractivity contribution < 1.29 is 5.11 Å². The summed E-state index contributed by atoms with van der Waals surface area (Å²) in [6.07, 6.45) is 2.40. The van der Waals surface area contributed by atoms with E-state index in [4.69, 9.17) is 28.3 Å². The van der Waals surface area contributed by atoms with Gasteiger partial charge in [-0.15, -0.1) is 0 Å². The van der Waals surface area contributed by atoms with Gasteiger partial charge in [-0.1, -0.05) is 30.1 Å². The monoisotopic (exact) mass is 326 g/mol. The van der Waals surface area contributed by atoms with Crippen molar-refractivity contribution in [3.05, 3.63) is 50.8 Å². The Morgan fingerprint density at radius 3 is 2.43 bits per heavy atom. The van der Waals surface area contributed by atoms with Gasteiger partial charge in [-0.05, 0) is 43.5 Å². The minimum Gasteiger partial charge on any atom is -0.396 e. The Balaban J connectivity index is 2.32. The van der Waals surface area contributed by atoms with E-state index < -0.39 is 0 Å². The second-order valence-electron chi connectivity index (χ2n) is 5.12. The standard InChI is InChI=1S/C16H20Cl2N2O/c1-3-16-15(11(2)19-20(16)5-4-6-21)9-12-7-13(17)10-14(18)8-12/h7-8,10,21H,3-6,9H2,1-2H3. The SMILES string of the molecule is CCc1c(Cc2cc(Cl)cc(Cl)c2)c(C)nn1CCCO. The molecule has 114 valence electrons. The lowest BCUT2D eigenvalue weighted by atomic mass is 10.0. The van der Waals surface area contributed by atoms with E-state index in [-0.39, 0.29) is 6.61 Å². The predicted molar refractivity (Wildman–Crippen MR) is 87.3 cm³/mol. The third kappa shape index (κ3) is 4.00. The van der Waals surface area contributed by atoms with Crippen LogP contribution in [-0.4, -0.2) is 21.5 Å². The van der Waals surface area contributed by atoms with Crippen LogP contribution in [0.3, 0.4) is 0 Å². The zero-order chi connectivity index (χ0) is 15.4. The van der Waals surface area contributed by atoms with E-state index in [0.29, 0.717) is 10.0 Å². The molecule has 1 aromatic heterocycles. The lowest BCUT2D eigenvalue weighted by Crippen LogP contribution is -2.07. The predicted octanol–water partition coefficient (Wildman–Crippen LogP) is 4.03. The quantitative estimate of drug-likeness (QED) is 0.870. The molecule has 0 radical (unpaired) electrons. The molecule has 1 aromatic carbocycles. The van der Waals surface area contributed by atoms with Crippen molar-refractivity contribution in [2.24, 2.45) is 0 Å². The number of aliphatic hydroxyl groups excluding tert-OH is 1. The lowest BCUT2D eigenvalue weighted by Gasteiger charge is -2.08. The minimum atomic E-state index is 0.182. The molecule has 0 aliphatic rings. The van der Waals surface area contributed by atoms with Gasteiger partial charge in [0.15, 0.2) is 0 Å². The fourth-order valence-electron chi connectivity index (χ4n) is 2.61. The summed E-state index contributed by atoms with van der Waals surface area (Å²) in [6, 6.07) is 5.62. The lowest BCUT2D eigenvalue weighted by molar-refractivity contribution is 0.276. The fraction of sp³-hybridized carbons (Fsp3) is 0.438. The molecule has 0 spiro atoms. The van der Waals surface area contributed by atoms with E-state index in [1.54, 1.807) is 6.07 Å². The summed E-state index contributed by atoms with van der Waals surface area (Å²) in [5.74, 6) is 0. The molecule has 2 rings (SSSR count). The van der Waals surface area contributed by atoms with E-state index in [0.717, 1.165) is 37.1 Å². The molecule has 0 saturated carbocycles. The maximum absolute atomic E-state index is 8.99. The Kier molecular flexibility index (Phi) is 5.68. The van der Waals surface area contributed by atoms with E-state index in [1.165, 1.54) is 11.3 Å². The Morgan fingerprint density at radius 1 is 1.19 bits per heavy atom. The molecule has 1 N–H and O–H groups in total. The molecule has 0 unspecified atom stereocenters. The molecule has 0 bridgehead atoms. The Bertz CT molecular complexity index is 603. The zero-order valence-electron chi connectivity index (χ0n) is 12.4. The molecule has 0 aliphatic carbocycles. The van der Waals surface area contributed by atoms with Crippen LogP contribution in [0.5, 0.6) is 0 Å². The summed E-state index contributed by atoms with van der Waals surface area (Å²) in [4.78, 5) is 0. The van der Waals surface area contributed by atoms with Crippen molar-refractivity contribution in [2.45, 2.75) is 39.7 Å². The van der Waals surface area contributed by atoms with Gasteiger partial charge >= 0.3 is 0 Å². The van der Waals surface area contributed by atoms with Gasteiger partial charge in [0.25, 0.3) is 0 Å². The molecule has 0 atom stereocenters. The summed E-state index contributed by atoms with van der Waals surface area (Å²) >= 11 is 12.1. The summed E-state index contributed by atoms with van der Waals surface area (Å²) < 4.78 is 2.01. The van der Waals surface area contributed by atoms with Gasteiger partial charge in [0.05, 0.1) is 5.69 Å². The highest BCUT2D eigenvalue weighted by Gasteiger charge is 2.14. The van der Waals surface area contributed by atoms with Crippen LogP contribution in [0, 0.1) is 6.92 Å². The van der Waals surface area contributed by atoms with Crippen LogP contribution < -0.4 is 0 Å². The molecular formula is C16H20Cl2N2O. The van der Waals surface area contributed by atoms with Crippen LogP contribution in [0.2, 0.25) is 10.0 Å². The first-order valence-corrected chi connectivity index (χ1v) is 7.91. The Morgan fingerprint density at radius 2 is 1.86 bits per heavy atom. The molecule has 0 fully saturated rings. The maximum Gasteiger partial charge on any atom is 0.0631 e. The largest absolute Gasteiger partial charge is 0.396 e. The number of halogens is 2. The van der Waals surface area contributed by atoms with Gasteiger partial charge < -0.3 is 5.11 Å². The van der Waals surface area contributed by atoms with Gasteiger partial charge in [0, 0.05) is 40.9 Å². The Labute approximate surface area is 135 Å². The number of rotatable bonds is 6. The topological polar surface area (TPSA) is 38.0 Å². The minimum absolute atomic E-state index is 0.182. The summed E-state index contributed by atoms with van der Waals surface area (Å²) in [7, 11) is 0. The van der Waals surface area contributed by atoms with Gasteiger partial charge in [-0.2, -0.15) is 5.10 Å². The van der Waals surface area contributed by atoms with Crippen LogP contribution in [0.1, 0.15) is 35.9 Å². The first-order valence-electron chi connectivity index (χ1n) is 7.16. The second kappa shape index (κ2) is 7.30. The van der Waals surface area contributed by atoms with Crippen molar-refractivity contribution >= 4 is 23.2 Å². The molecule has 5 heteroatoms. The van der Waals surface area contributed by atoms with Crippen molar-refractivity contribution in [1.82, 2.24) is 9.78 Å². The molecule has 0 aliphatic heterocycles. The highest BCUT2D eigenvalue weighted by atomic mass is 35.5. The number of aliphatic hydroxyl groups is 1. The third-order valence-electron chi connectivity index (χ3n) is 3.53. The van der Waals surface area contributed by atoms with Gasteiger partial charge in [0.2, 0.25) is 0 Å². The van der Waals surface area contributed by atoms with Crippen LogP contribution >= 0.6 is 23.2 Å². The number of hydrogen-bond acceptors (Lipinski definition) is 2. The Hall–Kier alpha value is -1.03. The smallest absolute Gasteiger partial charge is 0.0631 e. The molecular weight excluding hydrogens is 307 g/mol. The van der Waals surface area contributed by atoms with E-state index in [9.17, 15) is 0 Å². The fourth-order valence-corrected chi connectivity index (χ4v) is 3.19. The number of benzene rings is 1. The van der Waals surface area contributed by atoms with Gasteiger partial charge in [-0.3, -0.25) is 4.68 Å². The number of nitrogens with zero attached hydrogens (tertiary/aromatic N) is 2. The number of hydrogen-bond donors (Lipinski definition) is 1. The molecule has 0 saturated heterocycles. The molecule has 1 heterocycles. The van der Waals surface area contributed by atoms with Crippen LogP contribution in [0.25, 0.3) is 0 Å². The first kappa shape index (κ1) is 16.3. The summed E-state index contributed by atoms with van der Waals surface area (Å²) in [5, 5.41) is 14.9. The van der Waals surface area contributed by atoms with E-state index >= 15 is 0 Å². The van der Waals surface area contributed by atoms with Crippen LogP contribution in [-0.2, 0) is 19.4 Å².